The first-order valence-electron chi connectivity index (χ1n) is 15.3. The molecule has 2 aliphatic carbocycles. The number of benzene rings is 3. The van der Waals surface area contributed by atoms with E-state index in [-0.39, 0.29) is 19.2 Å². The van der Waals surface area contributed by atoms with E-state index in [1.807, 2.05) is 7.11 Å². The van der Waals surface area contributed by atoms with Crippen molar-refractivity contribution in [2.45, 2.75) is 108 Å². The molecule has 0 heterocycles. The normalized spacial score (nSPS) is 18.5. The van der Waals surface area contributed by atoms with Gasteiger partial charge in [-0.3, -0.25) is 0 Å². The average Bonchev–Trinajstić information content (AvgIpc) is 2.98. The Kier molecular flexibility index (Phi) is 9.98. The zero-order chi connectivity index (χ0) is 27.2. The second-order valence-corrected chi connectivity index (χ2v) is 17.6. The molecule has 3 aromatic carbocycles. The molecule has 0 saturated heterocycles. The molecule has 3 heteroatoms. The lowest BCUT2D eigenvalue weighted by molar-refractivity contribution is 0.173. The quantitative estimate of drug-likeness (QED) is 0.250. The lowest BCUT2D eigenvalue weighted by Gasteiger charge is -2.41. The Labute approximate surface area is 240 Å². The molecule has 1 atom stereocenters. The van der Waals surface area contributed by atoms with Gasteiger partial charge in [0.05, 0.1) is 0 Å². The summed E-state index contributed by atoms with van der Waals surface area (Å²) >= 11 is 0. The lowest BCUT2D eigenvalue weighted by Crippen LogP contribution is -2.31. The van der Waals surface area contributed by atoms with Crippen LogP contribution >= 0.6 is 15.8 Å². The predicted molar refractivity (Wildman–Crippen MR) is 174 cm³/mol. The summed E-state index contributed by atoms with van der Waals surface area (Å²) in [5.41, 5.74) is 4.83. The Balaban J connectivity index is 1.69. The van der Waals surface area contributed by atoms with Gasteiger partial charge < -0.3 is 4.74 Å². The Morgan fingerprint density at radius 3 is 1.59 bits per heavy atom. The van der Waals surface area contributed by atoms with Crippen LogP contribution in [0.2, 0.25) is 0 Å². The molecule has 39 heavy (non-hydrogen) atoms. The molecule has 1 nitrogen and oxygen atoms in total. The molecule has 2 saturated carbocycles. The van der Waals surface area contributed by atoms with Crippen LogP contribution in [-0.4, -0.2) is 18.4 Å². The maximum atomic E-state index is 6.64. The highest BCUT2D eigenvalue weighted by Crippen LogP contribution is 2.58. The number of hydrogen-bond donors (Lipinski definition) is 0. The molecular formula is C36H48OP2. The minimum Gasteiger partial charge on any atom is -0.372 e. The van der Waals surface area contributed by atoms with E-state index in [2.05, 4.69) is 99.6 Å². The van der Waals surface area contributed by atoms with E-state index in [0.29, 0.717) is 0 Å². The van der Waals surface area contributed by atoms with Gasteiger partial charge in [0.1, 0.15) is 5.85 Å². The minimum absolute atomic E-state index is 0.0472. The molecule has 0 aliphatic heterocycles. The van der Waals surface area contributed by atoms with Crippen molar-refractivity contribution in [3.8, 4) is 0 Å². The van der Waals surface area contributed by atoms with E-state index in [0.717, 1.165) is 11.3 Å². The summed E-state index contributed by atoms with van der Waals surface area (Å²) in [6, 6.07) is 29.9. The standard InChI is InChI=1S/C36H48OP2/c1-36(2,3)28-25-26-33(34(27-28)38(29-17-9-5-10-18-29)30-19-11-6-12-20-30)35(37-4)39(31-21-13-7-14-22-31)32-23-15-8-16-24-32/h7-8,13-16,21-27,29-30,35H,5-6,9-12,17-20H2,1-4H3/t35-/m1/s1. The van der Waals surface area contributed by atoms with E-state index >= 15 is 0 Å². The van der Waals surface area contributed by atoms with E-state index in [1.54, 1.807) is 5.30 Å². The first-order valence-corrected chi connectivity index (χ1v) is 18.2. The molecule has 0 bridgehead atoms. The fraction of sp³-hybridized carbons (Fsp3) is 0.500. The van der Waals surface area contributed by atoms with Crippen LogP contribution in [0.25, 0.3) is 0 Å². The summed E-state index contributed by atoms with van der Waals surface area (Å²) in [7, 11) is 0.992. The van der Waals surface area contributed by atoms with Crippen molar-refractivity contribution in [2.24, 2.45) is 0 Å². The maximum absolute atomic E-state index is 6.64. The fourth-order valence-electron chi connectivity index (χ4n) is 6.82. The van der Waals surface area contributed by atoms with Crippen molar-refractivity contribution in [1.29, 1.82) is 0 Å². The highest BCUT2D eigenvalue weighted by atomic mass is 31.1. The Morgan fingerprint density at radius 2 is 1.15 bits per heavy atom. The number of ether oxygens (including phenoxy) is 1. The molecule has 5 rings (SSSR count). The average molecular weight is 559 g/mol. The third-order valence-electron chi connectivity index (χ3n) is 8.90. The van der Waals surface area contributed by atoms with Crippen molar-refractivity contribution < 1.29 is 4.74 Å². The third kappa shape index (κ3) is 6.87. The van der Waals surface area contributed by atoms with Gasteiger partial charge in [-0.25, -0.2) is 0 Å². The van der Waals surface area contributed by atoms with Gasteiger partial charge in [0.15, 0.2) is 0 Å². The molecule has 208 valence electrons. The molecule has 2 fully saturated rings. The van der Waals surface area contributed by atoms with E-state index < -0.39 is 7.92 Å². The molecule has 0 unspecified atom stereocenters. The molecule has 0 amide bonds. The first-order chi connectivity index (χ1) is 19.0. The topological polar surface area (TPSA) is 9.23 Å². The van der Waals surface area contributed by atoms with Crippen LogP contribution in [0.15, 0.2) is 78.9 Å². The van der Waals surface area contributed by atoms with Gasteiger partial charge >= 0.3 is 0 Å². The monoisotopic (exact) mass is 558 g/mol. The number of rotatable bonds is 8. The van der Waals surface area contributed by atoms with Crippen molar-refractivity contribution in [1.82, 2.24) is 0 Å². The first kappa shape index (κ1) is 29.0. The third-order valence-corrected chi connectivity index (χ3v) is 15.1. The van der Waals surface area contributed by atoms with Gasteiger partial charge in [0, 0.05) is 7.11 Å². The summed E-state index contributed by atoms with van der Waals surface area (Å²) in [4.78, 5) is 0. The van der Waals surface area contributed by atoms with Gasteiger partial charge in [-0.2, -0.15) is 0 Å². The molecule has 0 spiro atoms. The van der Waals surface area contributed by atoms with Crippen LogP contribution in [0.4, 0.5) is 0 Å². The highest BCUT2D eigenvalue weighted by Gasteiger charge is 2.37. The Hall–Kier alpha value is -1.52. The van der Waals surface area contributed by atoms with Crippen molar-refractivity contribution in [3.05, 3.63) is 90.0 Å². The van der Waals surface area contributed by atoms with Gasteiger partial charge in [-0.1, -0.05) is 146 Å². The summed E-state index contributed by atoms with van der Waals surface area (Å²) in [5, 5.41) is 4.48. The smallest absolute Gasteiger partial charge is 0.110 e. The van der Waals surface area contributed by atoms with Gasteiger partial charge in [0.2, 0.25) is 0 Å². The van der Waals surface area contributed by atoms with Crippen LogP contribution in [0.1, 0.15) is 102 Å². The number of methoxy groups -OCH3 is 1. The number of hydrogen-bond acceptors (Lipinski definition) is 1. The summed E-state index contributed by atoms with van der Waals surface area (Å²) in [6.07, 6.45) is 14.2. The Bertz CT molecular complexity index is 1100. The van der Waals surface area contributed by atoms with Crippen molar-refractivity contribution in [3.63, 3.8) is 0 Å². The highest BCUT2D eigenvalue weighted by molar-refractivity contribution is 7.73. The van der Waals surface area contributed by atoms with Crippen LogP contribution in [0.3, 0.4) is 0 Å². The summed E-state index contributed by atoms with van der Waals surface area (Å²) in [6.45, 7) is 7.14. The fourth-order valence-corrected chi connectivity index (χ4v) is 13.5. The minimum atomic E-state index is -0.716. The largest absolute Gasteiger partial charge is 0.372 e. The lowest BCUT2D eigenvalue weighted by atomic mass is 9.86. The van der Waals surface area contributed by atoms with Gasteiger partial charge in [-0.05, 0) is 77.4 Å². The molecular weight excluding hydrogens is 510 g/mol. The zero-order valence-corrected chi connectivity index (χ0v) is 26.4. The van der Waals surface area contributed by atoms with Crippen molar-refractivity contribution >= 4 is 31.8 Å². The second kappa shape index (κ2) is 13.4. The van der Waals surface area contributed by atoms with E-state index in [9.17, 15) is 0 Å². The van der Waals surface area contributed by atoms with Crippen LogP contribution in [0, 0.1) is 0 Å². The zero-order valence-electron chi connectivity index (χ0n) is 24.6. The molecule has 0 radical (unpaired) electrons. The van der Waals surface area contributed by atoms with E-state index in [1.165, 1.54) is 85.9 Å². The predicted octanol–water partition coefficient (Wildman–Crippen LogP) is 9.53. The Morgan fingerprint density at radius 1 is 0.667 bits per heavy atom. The van der Waals surface area contributed by atoms with Crippen LogP contribution < -0.4 is 15.9 Å². The summed E-state index contributed by atoms with van der Waals surface area (Å²) < 4.78 is 6.64. The molecule has 0 aromatic heterocycles. The molecule has 0 N–H and O–H groups in total. The van der Waals surface area contributed by atoms with Gasteiger partial charge in [-0.15, -0.1) is 0 Å². The van der Waals surface area contributed by atoms with Crippen LogP contribution in [-0.2, 0) is 10.2 Å². The maximum Gasteiger partial charge on any atom is 0.110 e. The van der Waals surface area contributed by atoms with Crippen LogP contribution in [0.5, 0.6) is 0 Å². The van der Waals surface area contributed by atoms with Crippen molar-refractivity contribution in [2.75, 3.05) is 7.11 Å². The molecule has 3 aromatic rings. The second-order valence-electron chi connectivity index (χ2n) is 12.6. The van der Waals surface area contributed by atoms with Gasteiger partial charge in [0.25, 0.3) is 0 Å². The molecule has 2 aliphatic rings. The SMILES string of the molecule is CO[C@@H](c1ccc(C(C)(C)C)cc1P(C1CCCCC1)C1CCCCC1)P(c1ccccc1)c1ccccc1. The van der Waals surface area contributed by atoms with E-state index in [4.69, 9.17) is 4.74 Å². The summed E-state index contributed by atoms with van der Waals surface area (Å²) in [5.74, 6) is 0.0472.